The number of carboxylic acid groups (broad SMARTS) is 2. The first kappa shape index (κ1) is 18.5. The quantitative estimate of drug-likeness (QED) is 0.475. The van der Waals surface area contributed by atoms with Gasteiger partial charge in [0.1, 0.15) is 0 Å². The van der Waals surface area contributed by atoms with Gasteiger partial charge in [-0.15, -0.1) is 0 Å². The monoisotopic (exact) mass is 290 g/mol. The van der Waals surface area contributed by atoms with Gasteiger partial charge in [0.25, 0.3) is 0 Å². The van der Waals surface area contributed by atoms with Crippen molar-refractivity contribution in [3.8, 4) is 0 Å². The fourth-order valence-corrected chi connectivity index (χ4v) is 1.17. The molecule has 0 spiro atoms. The predicted molar refractivity (Wildman–Crippen MR) is 71.8 cm³/mol. The summed E-state index contributed by atoms with van der Waals surface area (Å²) >= 11 is 0. The molecule has 2 aliphatic rings. The second-order valence-electron chi connectivity index (χ2n) is 3.73. The van der Waals surface area contributed by atoms with Crippen LogP contribution in [0.15, 0.2) is 12.2 Å². The van der Waals surface area contributed by atoms with Gasteiger partial charge in [-0.2, -0.15) is 0 Å². The van der Waals surface area contributed by atoms with Crippen molar-refractivity contribution >= 4 is 11.9 Å². The lowest BCUT2D eigenvalue weighted by Gasteiger charge is -2.10. The third-order valence-electron chi connectivity index (χ3n) is 2.06. The molecular weight excluding hydrogens is 268 g/mol. The Hall–Kier alpha value is -1.48. The Kier molecular flexibility index (Phi) is 12.9. The first-order chi connectivity index (χ1) is 9.63. The summed E-state index contributed by atoms with van der Waals surface area (Å²) in [5.41, 5.74) is 0. The third-order valence-corrected chi connectivity index (χ3v) is 2.06. The summed E-state index contributed by atoms with van der Waals surface area (Å²) in [6, 6.07) is 0. The zero-order chi connectivity index (χ0) is 15.1. The molecule has 0 aliphatic carbocycles. The molecule has 0 atom stereocenters. The Morgan fingerprint density at radius 2 is 1.05 bits per heavy atom. The second kappa shape index (κ2) is 13.9. The van der Waals surface area contributed by atoms with Crippen LogP contribution in [0.5, 0.6) is 0 Å². The van der Waals surface area contributed by atoms with Gasteiger partial charge < -0.3 is 30.3 Å². The minimum atomic E-state index is -1.26. The van der Waals surface area contributed by atoms with E-state index in [0.717, 1.165) is 52.6 Å². The van der Waals surface area contributed by atoms with Gasteiger partial charge in [-0.1, -0.05) is 0 Å². The van der Waals surface area contributed by atoms with Crippen LogP contribution in [0.2, 0.25) is 0 Å². The molecule has 2 rings (SSSR count). The van der Waals surface area contributed by atoms with Crippen LogP contribution in [0.4, 0.5) is 0 Å². The summed E-state index contributed by atoms with van der Waals surface area (Å²) in [6.45, 7) is 7.67. The molecular formula is C12H22N2O6. The van der Waals surface area contributed by atoms with Gasteiger partial charge in [0, 0.05) is 38.3 Å². The molecule has 20 heavy (non-hydrogen) atoms. The molecule has 0 aromatic rings. The van der Waals surface area contributed by atoms with Crippen molar-refractivity contribution in [2.75, 3.05) is 52.6 Å². The summed E-state index contributed by atoms with van der Waals surface area (Å²) in [7, 11) is 0. The van der Waals surface area contributed by atoms with E-state index in [1.807, 2.05) is 0 Å². The van der Waals surface area contributed by atoms with E-state index >= 15 is 0 Å². The van der Waals surface area contributed by atoms with Gasteiger partial charge in [-0.3, -0.25) is 0 Å². The summed E-state index contributed by atoms with van der Waals surface area (Å²) in [5.74, 6) is -2.51. The van der Waals surface area contributed by atoms with Crippen molar-refractivity contribution in [1.82, 2.24) is 10.6 Å². The van der Waals surface area contributed by atoms with E-state index in [0.29, 0.717) is 12.2 Å². The third kappa shape index (κ3) is 16.5. The molecule has 2 fully saturated rings. The number of morpholine rings is 2. The Morgan fingerprint density at radius 1 is 0.750 bits per heavy atom. The minimum absolute atomic E-state index is 0.558. The van der Waals surface area contributed by atoms with Crippen LogP contribution in [-0.2, 0) is 19.1 Å². The lowest BCUT2D eigenvalue weighted by atomic mass is 10.5. The van der Waals surface area contributed by atoms with E-state index in [2.05, 4.69) is 10.6 Å². The average Bonchev–Trinajstić information content (AvgIpc) is 2.50. The molecule has 2 saturated heterocycles. The van der Waals surface area contributed by atoms with E-state index in [1.54, 1.807) is 0 Å². The van der Waals surface area contributed by atoms with Gasteiger partial charge in [0.15, 0.2) is 0 Å². The lowest BCUT2D eigenvalue weighted by Crippen LogP contribution is -2.30. The van der Waals surface area contributed by atoms with Crippen LogP contribution in [-0.4, -0.2) is 74.8 Å². The maximum Gasteiger partial charge on any atom is 0.328 e. The van der Waals surface area contributed by atoms with E-state index in [1.165, 1.54) is 0 Å². The summed E-state index contributed by atoms with van der Waals surface area (Å²) in [4.78, 5) is 19.1. The fourth-order valence-electron chi connectivity index (χ4n) is 1.17. The molecule has 0 aromatic carbocycles. The van der Waals surface area contributed by atoms with Gasteiger partial charge in [-0.05, 0) is 0 Å². The Morgan fingerprint density at radius 3 is 1.15 bits per heavy atom. The maximum absolute atomic E-state index is 9.55. The Labute approximate surface area is 117 Å². The van der Waals surface area contributed by atoms with E-state index in [4.69, 9.17) is 19.7 Å². The van der Waals surface area contributed by atoms with Crippen molar-refractivity contribution in [2.24, 2.45) is 0 Å². The van der Waals surface area contributed by atoms with Crippen LogP contribution in [0.1, 0.15) is 0 Å². The molecule has 0 unspecified atom stereocenters. The number of nitrogens with one attached hydrogen (secondary N) is 2. The van der Waals surface area contributed by atoms with Crippen molar-refractivity contribution in [1.29, 1.82) is 0 Å². The standard InChI is InChI=1S/2C4H9NO.C4H4O4/c2*1-3-6-4-2-5-1;5-3(6)1-2-4(7)8/h2*5H,1-4H2;1-2H,(H,5,6)(H,7,8). The smallest absolute Gasteiger partial charge is 0.328 e. The summed E-state index contributed by atoms with van der Waals surface area (Å²) < 4.78 is 10.0. The normalized spacial score (nSPS) is 18.2. The number of hydrogen-bond donors (Lipinski definition) is 4. The number of hydrogen-bond acceptors (Lipinski definition) is 6. The molecule has 2 aliphatic heterocycles. The maximum atomic E-state index is 9.55. The van der Waals surface area contributed by atoms with Crippen LogP contribution in [0.25, 0.3) is 0 Å². The highest BCUT2D eigenvalue weighted by Crippen LogP contribution is 1.77. The second-order valence-corrected chi connectivity index (χ2v) is 3.73. The molecule has 2 heterocycles. The van der Waals surface area contributed by atoms with Gasteiger partial charge >= 0.3 is 11.9 Å². The van der Waals surface area contributed by atoms with Crippen LogP contribution in [0, 0.1) is 0 Å². The van der Waals surface area contributed by atoms with Gasteiger partial charge in [-0.25, -0.2) is 9.59 Å². The van der Waals surface area contributed by atoms with Crippen LogP contribution >= 0.6 is 0 Å². The molecule has 8 nitrogen and oxygen atoms in total. The molecule has 4 N–H and O–H groups in total. The number of carbonyl (C=O) groups is 2. The van der Waals surface area contributed by atoms with Crippen molar-refractivity contribution in [2.45, 2.75) is 0 Å². The van der Waals surface area contributed by atoms with E-state index < -0.39 is 11.9 Å². The zero-order valence-electron chi connectivity index (χ0n) is 11.3. The highest BCUT2D eigenvalue weighted by atomic mass is 16.5. The van der Waals surface area contributed by atoms with Gasteiger partial charge in [0.05, 0.1) is 26.4 Å². The van der Waals surface area contributed by atoms with Crippen molar-refractivity contribution < 1.29 is 29.3 Å². The fraction of sp³-hybridized carbons (Fsp3) is 0.667. The lowest BCUT2D eigenvalue weighted by molar-refractivity contribution is -0.134. The zero-order valence-corrected chi connectivity index (χ0v) is 11.3. The topological polar surface area (TPSA) is 117 Å². The Balaban J connectivity index is 0.000000274. The molecule has 0 amide bonds. The molecule has 0 bridgehead atoms. The first-order valence-electron chi connectivity index (χ1n) is 6.34. The molecule has 116 valence electrons. The van der Waals surface area contributed by atoms with Crippen molar-refractivity contribution in [3.63, 3.8) is 0 Å². The van der Waals surface area contributed by atoms with Crippen molar-refractivity contribution in [3.05, 3.63) is 12.2 Å². The predicted octanol–water partition coefficient (Wildman–Crippen LogP) is -1.08. The van der Waals surface area contributed by atoms with E-state index in [-0.39, 0.29) is 0 Å². The minimum Gasteiger partial charge on any atom is -0.478 e. The molecule has 0 saturated carbocycles. The highest BCUT2D eigenvalue weighted by molar-refractivity contribution is 5.89. The average molecular weight is 290 g/mol. The SMILES string of the molecule is C1COCCN1.C1COCCN1.O=C(O)C=CC(=O)O. The largest absolute Gasteiger partial charge is 0.478 e. The van der Waals surface area contributed by atoms with Crippen LogP contribution in [0.3, 0.4) is 0 Å². The van der Waals surface area contributed by atoms with Crippen LogP contribution < -0.4 is 10.6 Å². The molecule has 0 radical (unpaired) electrons. The first-order valence-corrected chi connectivity index (χ1v) is 6.34. The number of ether oxygens (including phenoxy) is 2. The molecule has 8 heteroatoms. The number of aliphatic carboxylic acids is 2. The molecule has 0 aromatic heterocycles. The van der Waals surface area contributed by atoms with Gasteiger partial charge in [0.2, 0.25) is 0 Å². The Bertz CT molecular complexity index is 237. The number of carboxylic acids is 2. The van der Waals surface area contributed by atoms with E-state index in [9.17, 15) is 9.59 Å². The summed E-state index contributed by atoms with van der Waals surface area (Å²) in [5, 5.41) is 21.9. The number of rotatable bonds is 2. The summed E-state index contributed by atoms with van der Waals surface area (Å²) in [6.07, 6.45) is 1.12. The highest BCUT2D eigenvalue weighted by Gasteiger charge is 1.93.